The van der Waals surface area contributed by atoms with E-state index in [4.69, 9.17) is 10.7 Å². The van der Waals surface area contributed by atoms with Gasteiger partial charge in [0.1, 0.15) is 17.3 Å². The lowest BCUT2D eigenvalue weighted by molar-refractivity contribution is 0.612. The largest absolute Gasteiger partial charge is 0.383 e. The number of hydrogen-bond acceptors (Lipinski definition) is 3. The first kappa shape index (κ1) is 15.4. The van der Waals surface area contributed by atoms with Crippen LogP contribution in [0.2, 0.25) is 0 Å². The van der Waals surface area contributed by atoms with E-state index in [0.717, 1.165) is 48.7 Å². The maximum Gasteiger partial charge on any atom is 0.131 e. The van der Waals surface area contributed by atoms with E-state index in [9.17, 15) is 0 Å². The summed E-state index contributed by atoms with van der Waals surface area (Å²) < 4.78 is 2.17. The number of unbranched alkanes of at least 4 members (excludes halogenated alkanes) is 1. The number of benzene rings is 1. The lowest BCUT2D eigenvalue weighted by Gasteiger charge is -2.12. The first-order valence-electron chi connectivity index (χ1n) is 7.71. The second kappa shape index (κ2) is 6.66. The fourth-order valence-electron chi connectivity index (χ4n) is 2.48. The molecule has 1 heterocycles. The fourth-order valence-corrected chi connectivity index (χ4v) is 2.48. The summed E-state index contributed by atoms with van der Waals surface area (Å²) >= 11 is 0. The minimum absolute atomic E-state index is 0.790. The van der Waals surface area contributed by atoms with Crippen LogP contribution in [0.3, 0.4) is 0 Å². The quantitative estimate of drug-likeness (QED) is 0.883. The maximum atomic E-state index is 6.34. The van der Waals surface area contributed by atoms with Crippen LogP contribution in [-0.4, -0.2) is 23.6 Å². The summed E-state index contributed by atoms with van der Waals surface area (Å²) in [5, 5.41) is 0. The third-order valence-corrected chi connectivity index (χ3v) is 3.79. The van der Waals surface area contributed by atoms with Crippen LogP contribution in [0.1, 0.15) is 32.5 Å². The number of aromatic nitrogens is 2. The van der Waals surface area contributed by atoms with Crippen molar-refractivity contribution in [2.45, 2.75) is 39.7 Å². The van der Waals surface area contributed by atoms with E-state index in [1.54, 1.807) is 0 Å². The first-order chi connectivity index (χ1) is 10.1. The smallest absolute Gasteiger partial charge is 0.131 e. The van der Waals surface area contributed by atoms with Crippen LogP contribution in [-0.2, 0) is 13.0 Å². The van der Waals surface area contributed by atoms with Gasteiger partial charge in [0.05, 0.1) is 0 Å². The molecule has 2 aromatic rings. The molecule has 0 atom stereocenters. The average molecular weight is 286 g/mol. The molecule has 0 aliphatic carbocycles. The minimum atomic E-state index is 0.790. The van der Waals surface area contributed by atoms with Gasteiger partial charge in [-0.3, -0.25) is 0 Å². The Bertz CT molecular complexity index is 582. The predicted octanol–water partition coefficient (Wildman–Crippen LogP) is 3.56. The van der Waals surface area contributed by atoms with Crippen LogP contribution in [0, 0.1) is 0 Å². The topological polar surface area (TPSA) is 47.1 Å². The molecule has 0 spiro atoms. The predicted molar refractivity (Wildman–Crippen MR) is 90.7 cm³/mol. The van der Waals surface area contributed by atoms with E-state index in [1.807, 2.05) is 14.1 Å². The standard InChI is InChI=1S/C17H26N4/c1-5-7-12-21-15(6-2)19-16(17(21)18)13-8-10-14(11-9-13)20(3)4/h8-11H,5-7,12,18H2,1-4H3. The van der Waals surface area contributed by atoms with Crippen molar-refractivity contribution >= 4 is 11.5 Å². The van der Waals surface area contributed by atoms with Gasteiger partial charge >= 0.3 is 0 Å². The number of anilines is 2. The van der Waals surface area contributed by atoms with Crippen LogP contribution in [0.4, 0.5) is 11.5 Å². The Kier molecular flexibility index (Phi) is 4.89. The van der Waals surface area contributed by atoms with Gasteiger partial charge in [0, 0.05) is 38.3 Å². The molecule has 0 aliphatic rings. The van der Waals surface area contributed by atoms with Crippen molar-refractivity contribution in [1.82, 2.24) is 9.55 Å². The Morgan fingerprint density at radius 1 is 1.14 bits per heavy atom. The summed E-state index contributed by atoms with van der Waals surface area (Å²) in [5.74, 6) is 1.87. The van der Waals surface area contributed by atoms with Crippen molar-refractivity contribution in [3.05, 3.63) is 30.1 Å². The van der Waals surface area contributed by atoms with Crippen LogP contribution < -0.4 is 10.6 Å². The van der Waals surface area contributed by atoms with Crippen LogP contribution in [0.15, 0.2) is 24.3 Å². The molecule has 2 N–H and O–H groups in total. The van der Waals surface area contributed by atoms with Crippen LogP contribution in [0.5, 0.6) is 0 Å². The number of rotatable bonds is 6. The monoisotopic (exact) mass is 286 g/mol. The van der Waals surface area contributed by atoms with Crippen molar-refractivity contribution in [3.8, 4) is 11.3 Å². The molecular formula is C17H26N4. The van der Waals surface area contributed by atoms with Crippen molar-refractivity contribution in [2.24, 2.45) is 0 Å². The molecule has 0 saturated carbocycles. The van der Waals surface area contributed by atoms with Gasteiger partial charge in [0.15, 0.2) is 0 Å². The van der Waals surface area contributed by atoms with Gasteiger partial charge in [-0.05, 0) is 18.6 Å². The maximum absolute atomic E-state index is 6.34. The molecule has 0 saturated heterocycles. The zero-order valence-corrected chi connectivity index (χ0v) is 13.6. The van der Waals surface area contributed by atoms with E-state index in [0.29, 0.717) is 0 Å². The summed E-state index contributed by atoms with van der Waals surface area (Å²) in [6.07, 6.45) is 3.20. The molecule has 0 bridgehead atoms. The van der Waals surface area contributed by atoms with Gasteiger partial charge in [-0.15, -0.1) is 0 Å². The highest BCUT2D eigenvalue weighted by molar-refractivity contribution is 5.72. The van der Waals surface area contributed by atoms with Gasteiger partial charge in [-0.2, -0.15) is 0 Å². The number of nitrogen functional groups attached to an aromatic ring is 1. The van der Waals surface area contributed by atoms with Gasteiger partial charge < -0.3 is 15.2 Å². The summed E-state index contributed by atoms with van der Waals surface area (Å²) in [6, 6.07) is 8.40. The van der Waals surface area contributed by atoms with Crippen LogP contribution in [0.25, 0.3) is 11.3 Å². The summed E-state index contributed by atoms with van der Waals surface area (Å²) in [5.41, 5.74) is 9.52. The highest BCUT2D eigenvalue weighted by Crippen LogP contribution is 2.28. The Morgan fingerprint density at radius 2 is 1.81 bits per heavy atom. The highest BCUT2D eigenvalue weighted by atomic mass is 15.1. The van der Waals surface area contributed by atoms with Crippen molar-refractivity contribution < 1.29 is 0 Å². The Hall–Kier alpha value is -1.97. The Labute approximate surface area is 127 Å². The lowest BCUT2D eigenvalue weighted by atomic mass is 10.1. The molecule has 0 fully saturated rings. The zero-order valence-electron chi connectivity index (χ0n) is 13.6. The molecule has 0 unspecified atom stereocenters. The van der Waals surface area contributed by atoms with E-state index in [2.05, 4.69) is 47.6 Å². The molecule has 0 aliphatic heterocycles. The van der Waals surface area contributed by atoms with Crippen LogP contribution >= 0.6 is 0 Å². The van der Waals surface area contributed by atoms with Gasteiger partial charge in [-0.25, -0.2) is 4.98 Å². The van der Waals surface area contributed by atoms with Crippen molar-refractivity contribution in [3.63, 3.8) is 0 Å². The summed E-state index contributed by atoms with van der Waals surface area (Å²) in [4.78, 5) is 6.84. The number of aryl methyl sites for hydroxylation is 1. The molecule has 0 amide bonds. The molecule has 1 aromatic carbocycles. The fraction of sp³-hybridized carbons (Fsp3) is 0.471. The third-order valence-electron chi connectivity index (χ3n) is 3.79. The summed E-state index contributed by atoms with van der Waals surface area (Å²) in [6.45, 7) is 5.27. The molecule has 21 heavy (non-hydrogen) atoms. The number of nitrogens with two attached hydrogens (primary N) is 1. The first-order valence-corrected chi connectivity index (χ1v) is 7.71. The van der Waals surface area contributed by atoms with Gasteiger partial charge in [0.25, 0.3) is 0 Å². The van der Waals surface area contributed by atoms with Crippen molar-refractivity contribution in [2.75, 3.05) is 24.7 Å². The zero-order chi connectivity index (χ0) is 15.4. The average Bonchev–Trinajstić information content (AvgIpc) is 2.81. The normalized spacial score (nSPS) is 10.9. The molecule has 4 nitrogen and oxygen atoms in total. The minimum Gasteiger partial charge on any atom is -0.383 e. The van der Waals surface area contributed by atoms with E-state index >= 15 is 0 Å². The molecule has 114 valence electrons. The SMILES string of the molecule is CCCCn1c(CC)nc(-c2ccc(N(C)C)cc2)c1N. The Balaban J connectivity index is 2.37. The van der Waals surface area contributed by atoms with Gasteiger partial charge in [-0.1, -0.05) is 32.4 Å². The van der Waals surface area contributed by atoms with E-state index in [1.165, 1.54) is 5.69 Å². The van der Waals surface area contributed by atoms with Crippen molar-refractivity contribution in [1.29, 1.82) is 0 Å². The van der Waals surface area contributed by atoms with E-state index in [-0.39, 0.29) is 0 Å². The molecule has 2 rings (SSSR count). The lowest BCUT2D eigenvalue weighted by Crippen LogP contribution is -2.08. The second-order valence-corrected chi connectivity index (χ2v) is 5.56. The molecular weight excluding hydrogens is 260 g/mol. The molecule has 4 heteroatoms. The third kappa shape index (κ3) is 3.20. The summed E-state index contributed by atoms with van der Waals surface area (Å²) in [7, 11) is 4.08. The number of imidazole rings is 1. The van der Waals surface area contributed by atoms with Gasteiger partial charge in [0.2, 0.25) is 0 Å². The van der Waals surface area contributed by atoms with E-state index < -0.39 is 0 Å². The number of nitrogens with zero attached hydrogens (tertiary/aromatic N) is 3. The molecule has 1 aromatic heterocycles. The molecule has 0 radical (unpaired) electrons. The number of hydrogen-bond donors (Lipinski definition) is 1. The Morgan fingerprint density at radius 3 is 2.33 bits per heavy atom. The highest BCUT2D eigenvalue weighted by Gasteiger charge is 2.14. The second-order valence-electron chi connectivity index (χ2n) is 5.56.